The molecule has 0 saturated carbocycles. The normalized spacial score (nSPS) is 11.7. The molecule has 1 heterocycles. The predicted molar refractivity (Wildman–Crippen MR) is 85.8 cm³/mol. The summed E-state index contributed by atoms with van der Waals surface area (Å²) in [6.45, 7) is 1.91. The van der Waals surface area contributed by atoms with Crippen LogP contribution in [-0.2, 0) is 16.6 Å². The highest BCUT2D eigenvalue weighted by molar-refractivity contribution is 7.89. The van der Waals surface area contributed by atoms with Gasteiger partial charge >= 0.3 is 0 Å². The summed E-state index contributed by atoms with van der Waals surface area (Å²) in [5.41, 5.74) is 1.93. The average Bonchev–Trinajstić information content (AvgIpc) is 2.92. The van der Waals surface area contributed by atoms with Gasteiger partial charge in [-0.3, -0.25) is 0 Å². The van der Waals surface area contributed by atoms with Crippen LogP contribution in [0.4, 0.5) is 0 Å². The maximum Gasteiger partial charge on any atom is 0.241 e. The lowest BCUT2D eigenvalue weighted by molar-refractivity contribution is 0.414. The summed E-state index contributed by atoms with van der Waals surface area (Å²) in [5, 5.41) is 0. The van der Waals surface area contributed by atoms with Crippen LogP contribution in [0.3, 0.4) is 0 Å². The number of fused-ring (bicyclic) bond motifs is 1. The standard InChI is InChI=1S/C16H16N2O4S/c1-11-18-15-8-7-14(9-16(15)22-11)23(19,20)17-10-12-3-5-13(21-2)6-4-12/h3-9,17H,10H2,1-2H3. The van der Waals surface area contributed by atoms with Gasteiger partial charge in [-0.1, -0.05) is 12.1 Å². The van der Waals surface area contributed by atoms with E-state index in [1.165, 1.54) is 12.1 Å². The number of oxazole rings is 1. The van der Waals surface area contributed by atoms with Crippen LogP contribution in [0.5, 0.6) is 5.75 Å². The highest BCUT2D eigenvalue weighted by atomic mass is 32.2. The first-order chi connectivity index (χ1) is 11.0. The van der Waals surface area contributed by atoms with Crippen molar-refractivity contribution < 1.29 is 17.6 Å². The Labute approximate surface area is 134 Å². The zero-order chi connectivity index (χ0) is 16.4. The minimum absolute atomic E-state index is 0.148. The summed E-state index contributed by atoms with van der Waals surface area (Å²) in [6, 6.07) is 11.8. The number of rotatable bonds is 5. The fourth-order valence-corrected chi connectivity index (χ4v) is 3.23. The van der Waals surface area contributed by atoms with Crippen molar-refractivity contribution in [2.75, 3.05) is 7.11 Å². The minimum atomic E-state index is -3.63. The number of methoxy groups -OCH3 is 1. The van der Waals surface area contributed by atoms with Crippen molar-refractivity contribution >= 4 is 21.1 Å². The largest absolute Gasteiger partial charge is 0.497 e. The Morgan fingerprint density at radius 3 is 2.61 bits per heavy atom. The monoisotopic (exact) mass is 332 g/mol. The molecule has 0 unspecified atom stereocenters. The molecule has 2 aromatic carbocycles. The van der Waals surface area contributed by atoms with E-state index in [0.29, 0.717) is 17.0 Å². The fourth-order valence-electron chi connectivity index (χ4n) is 2.19. The molecule has 1 aromatic heterocycles. The fraction of sp³-hybridized carbons (Fsp3) is 0.188. The number of hydrogen-bond donors (Lipinski definition) is 1. The Hall–Kier alpha value is -2.38. The number of aromatic nitrogens is 1. The molecule has 23 heavy (non-hydrogen) atoms. The van der Waals surface area contributed by atoms with Gasteiger partial charge in [0.05, 0.1) is 12.0 Å². The van der Waals surface area contributed by atoms with Gasteiger partial charge in [0, 0.05) is 19.5 Å². The molecule has 0 amide bonds. The number of hydrogen-bond acceptors (Lipinski definition) is 5. The second-order valence-electron chi connectivity index (χ2n) is 5.04. The summed E-state index contributed by atoms with van der Waals surface area (Å²) < 4.78 is 37.8. The van der Waals surface area contributed by atoms with Gasteiger partial charge in [0.1, 0.15) is 11.3 Å². The van der Waals surface area contributed by atoms with Gasteiger partial charge in [0.25, 0.3) is 0 Å². The summed E-state index contributed by atoms with van der Waals surface area (Å²) >= 11 is 0. The SMILES string of the molecule is COc1ccc(CNS(=O)(=O)c2ccc3nc(C)oc3c2)cc1. The van der Waals surface area contributed by atoms with Crippen LogP contribution in [0.25, 0.3) is 11.1 Å². The smallest absolute Gasteiger partial charge is 0.241 e. The zero-order valence-electron chi connectivity index (χ0n) is 12.7. The Bertz CT molecular complexity index is 930. The molecule has 3 rings (SSSR count). The Morgan fingerprint density at radius 2 is 1.91 bits per heavy atom. The molecule has 3 aromatic rings. The summed E-state index contributed by atoms with van der Waals surface area (Å²) in [6.07, 6.45) is 0. The van der Waals surface area contributed by atoms with Crippen LogP contribution in [0.2, 0.25) is 0 Å². The van der Waals surface area contributed by atoms with E-state index < -0.39 is 10.0 Å². The van der Waals surface area contributed by atoms with Crippen molar-refractivity contribution in [1.82, 2.24) is 9.71 Å². The molecular formula is C16H16N2O4S. The van der Waals surface area contributed by atoms with Crippen molar-refractivity contribution in [2.45, 2.75) is 18.4 Å². The van der Waals surface area contributed by atoms with E-state index >= 15 is 0 Å². The summed E-state index contributed by atoms with van der Waals surface area (Å²) in [5.74, 6) is 1.23. The van der Waals surface area contributed by atoms with Crippen LogP contribution >= 0.6 is 0 Å². The molecule has 0 spiro atoms. The summed E-state index contributed by atoms with van der Waals surface area (Å²) in [7, 11) is -2.04. The lowest BCUT2D eigenvalue weighted by atomic mass is 10.2. The highest BCUT2D eigenvalue weighted by Gasteiger charge is 2.16. The molecule has 0 atom stereocenters. The maximum atomic E-state index is 12.4. The predicted octanol–water partition coefficient (Wildman–Crippen LogP) is 2.62. The molecule has 0 aliphatic rings. The molecular weight excluding hydrogens is 316 g/mol. The number of nitrogens with one attached hydrogen (secondary N) is 1. The molecule has 0 aliphatic carbocycles. The van der Waals surface area contributed by atoms with E-state index in [9.17, 15) is 8.42 Å². The van der Waals surface area contributed by atoms with Crippen LogP contribution in [0.1, 0.15) is 11.5 Å². The van der Waals surface area contributed by atoms with E-state index in [0.717, 1.165) is 11.3 Å². The van der Waals surface area contributed by atoms with Crippen molar-refractivity contribution in [3.63, 3.8) is 0 Å². The number of benzene rings is 2. The third-order valence-electron chi connectivity index (χ3n) is 3.40. The van der Waals surface area contributed by atoms with Gasteiger partial charge in [-0.25, -0.2) is 18.1 Å². The number of aryl methyl sites for hydroxylation is 1. The van der Waals surface area contributed by atoms with Gasteiger partial charge in [-0.15, -0.1) is 0 Å². The van der Waals surface area contributed by atoms with Gasteiger partial charge in [0.2, 0.25) is 10.0 Å². The highest BCUT2D eigenvalue weighted by Crippen LogP contribution is 2.20. The van der Waals surface area contributed by atoms with E-state index in [4.69, 9.17) is 9.15 Å². The number of sulfonamides is 1. The average molecular weight is 332 g/mol. The number of nitrogens with zero attached hydrogens (tertiary/aromatic N) is 1. The lowest BCUT2D eigenvalue weighted by Crippen LogP contribution is -2.23. The van der Waals surface area contributed by atoms with Crippen LogP contribution in [0.15, 0.2) is 51.8 Å². The minimum Gasteiger partial charge on any atom is -0.497 e. The molecule has 0 bridgehead atoms. The van der Waals surface area contributed by atoms with Gasteiger partial charge in [-0.2, -0.15) is 0 Å². The van der Waals surface area contributed by atoms with Crippen molar-refractivity contribution in [1.29, 1.82) is 0 Å². The van der Waals surface area contributed by atoms with E-state index in [-0.39, 0.29) is 11.4 Å². The van der Waals surface area contributed by atoms with E-state index in [1.807, 2.05) is 12.1 Å². The third kappa shape index (κ3) is 3.35. The van der Waals surface area contributed by atoms with Crippen LogP contribution in [0, 0.1) is 6.92 Å². The summed E-state index contributed by atoms with van der Waals surface area (Å²) in [4.78, 5) is 4.30. The Morgan fingerprint density at radius 1 is 1.17 bits per heavy atom. The lowest BCUT2D eigenvalue weighted by Gasteiger charge is -2.07. The van der Waals surface area contributed by atoms with Crippen LogP contribution < -0.4 is 9.46 Å². The molecule has 120 valence electrons. The quantitative estimate of drug-likeness (QED) is 0.777. The molecule has 0 saturated heterocycles. The first-order valence-electron chi connectivity index (χ1n) is 6.98. The Kier molecular flexibility index (Phi) is 4.06. The molecule has 0 aliphatic heterocycles. The molecule has 7 heteroatoms. The van der Waals surface area contributed by atoms with Crippen LogP contribution in [-0.4, -0.2) is 20.5 Å². The number of ether oxygens (including phenoxy) is 1. The second-order valence-corrected chi connectivity index (χ2v) is 6.80. The third-order valence-corrected chi connectivity index (χ3v) is 4.80. The van der Waals surface area contributed by atoms with Gasteiger partial charge in [-0.05, 0) is 29.8 Å². The first-order valence-corrected chi connectivity index (χ1v) is 8.46. The van der Waals surface area contributed by atoms with E-state index in [2.05, 4.69) is 9.71 Å². The molecule has 6 nitrogen and oxygen atoms in total. The van der Waals surface area contributed by atoms with Gasteiger partial charge in [0.15, 0.2) is 11.5 Å². The molecule has 0 fully saturated rings. The Balaban J connectivity index is 1.78. The van der Waals surface area contributed by atoms with E-state index in [1.54, 1.807) is 32.2 Å². The maximum absolute atomic E-state index is 12.4. The zero-order valence-corrected chi connectivity index (χ0v) is 13.6. The molecule has 1 N–H and O–H groups in total. The van der Waals surface area contributed by atoms with Crippen molar-refractivity contribution in [3.05, 3.63) is 53.9 Å². The first kappa shape index (κ1) is 15.5. The second kappa shape index (κ2) is 6.02. The van der Waals surface area contributed by atoms with Crippen molar-refractivity contribution in [2.24, 2.45) is 0 Å². The van der Waals surface area contributed by atoms with Crippen molar-refractivity contribution in [3.8, 4) is 5.75 Å². The molecule has 0 radical (unpaired) electrons. The van der Waals surface area contributed by atoms with Gasteiger partial charge < -0.3 is 9.15 Å². The topological polar surface area (TPSA) is 81.4 Å².